The summed E-state index contributed by atoms with van der Waals surface area (Å²) in [6, 6.07) is 17.0. The molecule has 1 N–H and O–H groups in total. The molecule has 10 heteroatoms. The van der Waals surface area contributed by atoms with Gasteiger partial charge in [0.2, 0.25) is 5.88 Å². The van der Waals surface area contributed by atoms with Crippen molar-refractivity contribution in [3.05, 3.63) is 60.2 Å². The number of nitrogens with zero attached hydrogens (tertiary/aromatic N) is 3. The van der Waals surface area contributed by atoms with Gasteiger partial charge >= 0.3 is 6.16 Å². The first-order valence-electron chi connectivity index (χ1n) is 12.7. The monoisotopic (exact) mass is 547 g/mol. The van der Waals surface area contributed by atoms with Crippen molar-refractivity contribution >= 4 is 39.8 Å². The summed E-state index contributed by atoms with van der Waals surface area (Å²) in [5.41, 5.74) is 4.42. The number of unbranched alkanes of at least 4 members (excludes halogenated alkanes) is 2. The fourth-order valence-corrected chi connectivity index (χ4v) is 5.22. The highest BCUT2D eigenvalue weighted by atomic mass is 32.1. The Morgan fingerprint density at radius 1 is 0.949 bits per heavy atom. The van der Waals surface area contributed by atoms with Crippen LogP contribution in [-0.4, -0.2) is 45.4 Å². The Balaban J connectivity index is 1.77. The Hall–Kier alpha value is -4.31. The Morgan fingerprint density at radius 2 is 1.74 bits per heavy atom. The Bertz CT molecular complexity index is 1630. The third kappa shape index (κ3) is 5.33. The van der Waals surface area contributed by atoms with Gasteiger partial charge in [-0.25, -0.2) is 4.79 Å². The van der Waals surface area contributed by atoms with E-state index in [0.29, 0.717) is 41.5 Å². The molecule has 0 amide bonds. The van der Waals surface area contributed by atoms with Gasteiger partial charge in [-0.2, -0.15) is 8.75 Å². The van der Waals surface area contributed by atoms with Crippen molar-refractivity contribution in [2.75, 3.05) is 20.8 Å². The van der Waals surface area contributed by atoms with Crippen LogP contribution in [0.15, 0.2) is 54.6 Å². The first-order valence-corrected chi connectivity index (χ1v) is 13.4. The molecule has 0 bridgehead atoms. The molecule has 0 unspecified atom stereocenters. The predicted molar refractivity (Wildman–Crippen MR) is 151 cm³/mol. The molecule has 0 aliphatic carbocycles. The minimum Gasteiger partial charge on any atom is -0.496 e. The van der Waals surface area contributed by atoms with Crippen molar-refractivity contribution in [2.24, 2.45) is 0 Å². The number of rotatable bonds is 11. The number of carboxylic acid groups (broad SMARTS) is 1. The smallest absolute Gasteiger partial charge is 0.496 e. The van der Waals surface area contributed by atoms with Gasteiger partial charge in [0.15, 0.2) is 11.5 Å². The van der Waals surface area contributed by atoms with Crippen LogP contribution in [0.3, 0.4) is 0 Å². The molecule has 0 aliphatic rings. The number of para-hydroxylation sites is 1. The zero-order chi connectivity index (χ0) is 27.4. The Morgan fingerprint density at radius 3 is 2.51 bits per heavy atom. The third-order valence-corrected chi connectivity index (χ3v) is 7.11. The number of hydrogen-bond donors (Lipinski definition) is 1. The zero-order valence-corrected chi connectivity index (χ0v) is 22.8. The summed E-state index contributed by atoms with van der Waals surface area (Å²) in [5, 5.41) is 10.5. The molecule has 9 nitrogen and oxygen atoms in total. The molecule has 5 aromatic rings. The van der Waals surface area contributed by atoms with Crippen LogP contribution in [0.2, 0.25) is 0 Å². The number of ether oxygens (including phenoxy) is 4. The van der Waals surface area contributed by atoms with E-state index in [1.165, 1.54) is 0 Å². The van der Waals surface area contributed by atoms with Gasteiger partial charge < -0.3 is 28.6 Å². The summed E-state index contributed by atoms with van der Waals surface area (Å²) in [6.45, 7) is 2.98. The lowest BCUT2D eigenvalue weighted by Gasteiger charge is -2.14. The van der Waals surface area contributed by atoms with Gasteiger partial charge in [-0.3, -0.25) is 0 Å². The number of hydrogen-bond acceptors (Lipinski definition) is 8. The number of carbonyl (C=O) groups is 1. The number of aromatic nitrogens is 3. The van der Waals surface area contributed by atoms with Crippen LogP contribution in [0.4, 0.5) is 4.79 Å². The number of benzene rings is 3. The summed E-state index contributed by atoms with van der Waals surface area (Å²) < 4.78 is 33.4. The van der Waals surface area contributed by atoms with Crippen LogP contribution in [0, 0.1) is 0 Å². The van der Waals surface area contributed by atoms with Crippen LogP contribution in [0.25, 0.3) is 33.1 Å². The molecule has 39 heavy (non-hydrogen) atoms. The molecular weight excluding hydrogens is 518 g/mol. The maximum Gasteiger partial charge on any atom is 0.512 e. The van der Waals surface area contributed by atoms with E-state index in [1.54, 1.807) is 14.2 Å². The van der Waals surface area contributed by atoms with Gasteiger partial charge in [-0.15, -0.1) is 0 Å². The number of methoxy groups -OCH3 is 2. The summed E-state index contributed by atoms with van der Waals surface area (Å²) in [6.07, 6.45) is 1.64. The van der Waals surface area contributed by atoms with E-state index < -0.39 is 6.16 Å². The average Bonchev–Trinajstić information content (AvgIpc) is 3.52. The SMILES string of the molecule is CCCCCOc1cc2c(cc1OC)c(-c1ccc3nsnc3c1)c(OC(=O)O)n2Cc1ccccc1OC. The molecule has 0 spiro atoms. The molecule has 0 radical (unpaired) electrons. The van der Waals surface area contributed by atoms with Crippen molar-refractivity contribution in [1.29, 1.82) is 0 Å². The molecular formula is C29H29N3O6S. The number of fused-ring (bicyclic) bond motifs is 2. The van der Waals surface area contributed by atoms with Crippen LogP contribution < -0.4 is 18.9 Å². The van der Waals surface area contributed by atoms with Crippen LogP contribution in [-0.2, 0) is 6.54 Å². The summed E-state index contributed by atoms with van der Waals surface area (Å²) in [4.78, 5) is 12.0. The van der Waals surface area contributed by atoms with Crippen LogP contribution in [0.1, 0.15) is 31.7 Å². The van der Waals surface area contributed by atoms with Crippen molar-refractivity contribution in [2.45, 2.75) is 32.7 Å². The first kappa shape index (κ1) is 26.3. The van der Waals surface area contributed by atoms with E-state index in [1.807, 2.05) is 59.2 Å². The van der Waals surface area contributed by atoms with Gasteiger partial charge in [0.05, 0.1) is 50.2 Å². The largest absolute Gasteiger partial charge is 0.512 e. The maximum absolute atomic E-state index is 12.0. The topological polar surface area (TPSA) is 105 Å². The van der Waals surface area contributed by atoms with E-state index in [9.17, 15) is 9.90 Å². The maximum atomic E-state index is 12.0. The second-order valence-electron chi connectivity index (χ2n) is 8.99. The minimum absolute atomic E-state index is 0.177. The normalized spacial score (nSPS) is 11.2. The quantitative estimate of drug-likeness (QED) is 0.139. The summed E-state index contributed by atoms with van der Waals surface area (Å²) in [7, 11) is 3.20. The van der Waals surface area contributed by atoms with E-state index in [4.69, 9.17) is 18.9 Å². The second kappa shape index (κ2) is 11.6. The van der Waals surface area contributed by atoms with E-state index in [2.05, 4.69) is 15.7 Å². The van der Waals surface area contributed by atoms with Gasteiger partial charge in [-0.1, -0.05) is 44.0 Å². The minimum atomic E-state index is -1.42. The van der Waals surface area contributed by atoms with Gasteiger partial charge in [0.25, 0.3) is 0 Å². The lowest BCUT2D eigenvalue weighted by Crippen LogP contribution is -2.10. The highest BCUT2D eigenvalue weighted by Gasteiger charge is 2.26. The van der Waals surface area contributed by atoms with E-state index in [0.717, 1.165) is 58.5 Å². The molecule has 2 aromatic heterocycles. The lowest BCUT2D eigenvalue weighted by molar-refractivity contribution is 0.141. The molecule has 0 aliphatic heterocycles. The van der Waals surface area contributed by atoms with Crippen LogP contribution in [0.5, 0.6) is 23.1 Å². The molecule has 3 aromatic carbocycles. The van der Waals surface area contributed by atoms with E-state index >= 15 is 0 Å². The highest BCUT2D eigenvalue weighted by molar-refractivity contribution is 7.00. The molecule has 0 saturated heterocycles. The lowest BCUT2D eigenvalue weighted by atomic mass is 10.0. The van der Waals surface area contributed by atoms with Crippen molar-refractivity contribution < 1.29 is 28.8 Å². The predicted octanol–water partition coefficient (Wildman–Crippen LogP) is 7.00. The highest BCUT2D eigenvalue weighted by Crippen LogP contribution is 2.46. The molecule has 5 rings (SSSR count). The molecule has 2 heterocycles. The fourth-order valence-electron chi connectivity index (χ4n) is 4.71. The standard InChI is InChI=1S/C29H29N3O6S/c1-4-5-8-13-37-26-16-23-20(15-25(26)36-3)27(18-11-12-21-22(14-18)31-39-30-21)28(38-29(33)34)32(23)17-19-9-6-7-10-24(19)35-2/h6-7,9-12,14-16H,4-5,8,13,17H2,1-3H3,(H,33,34). The molecule has 0 saturated carbocycles. The Kier molecular flexibility index (Phi) is 7.83. The van der Waals surface area contributed by atoms with Gasteiger partial charge in [-0.05, 0) is 36.2 Å². The fraction of sp³-hybridized carbons (Fsp3) is 0.276. The third-order valence-electron chi connectivity index (χ3n) is 6.55. The van der Waals surface area contributed by atoms with Gasteiger partial charge in [0, 0.05) is 17.0 Å². The van der Waals surface area contributed by atoms with E-state index in [-0.39, 0.29) is 5.88 Å². The molecule has 0 atom stereocenters. The molecule has 202 valence electrons. The summed E-state index contributed by atoms with van der Waals surface area (Å²) >= 11 is 1.12. The van der Waals surface area contributed by atoms with Gasteiger partial charge in [0.1, 0.15) is 16.8 Å². The van der Waals surface area contributed by atoms with Crippen LogP contribution >= 0.6 is 11.7 Å². The second-order valence-corrected chi connectivity index (χ2v) is 9.52. The zero-order valence-electron chi connectivity index (χ0n) is 22.0. The van der Waals surface area contributed by atoms with Crippen molar-refractivity contribution in [1.82, 2.24) is 13.3 Å². The average molecular weight is 548 g/mol. The first-order chi connectivity index (χ1) is 19.0. The van der Waals surface area contributed by atoms with Crippen molar-refractivity contribution in [3.63, 3.8) is 0 Å². The van der Waals surface area contributed by atoms with Crippen molar-refractivity contribution in [3.8, 4) is 34.3 Å². The molecule has 0 fully saturated rings. The summed E-state index contributed by atoms with van der Waals surface area (Å²) in [5.74, 6) is 1.98. The Labute approximate surface area is 229 Å².